The molecule has 0 aliphatic heterocycles. The number of nitrogens with zero attached hydrogens (tertiary/aromatic N) is 2. The first kappa shape index (κ1) is 15.5. The standard InChI is InChI=1S/C15H19BrClN3/c1-4-18-14(11-7-6-8-12(16)10(11)3)15-13(17)9-19-20(15)5-2/h6-9,14,18H,4-5H2,1-3H3. The number of benzene rings is 1. The summed E-state index contributed by atoms with van der Waals surface area (Å²) in [6.45, 7) is 7.95. The van der Waals surface area contributed by atoms with Crippen LogP contribution in [-0.4, -0.2) is 16.3 Å². The van der Waals surface area contributed by atoms with Crippen molar-refractivity contribution in [2.75, 3.05) is 6.54 Å². The van der Waals surface area contributed by atoms with Crippen LogP contribution in [0.3, 0.4) is 0 Å². The smallest absolute Gasteiger partial charge is 0.0837 e. The molecule has 1 N–H and O–H groups in total. The summed E-state index contributed by atoms with van der Waals surface area (Å²) in [4.78, 5) is 0. The second-order valence-electron chi connectivity index (χ2n) is 4.64. The summed E-state index contributed by atoms with van der Waals surface area (Å²) in [6, 6.07) is 6.29. The highest BCUT2D eigenvalue weighted by molar-refractivity contribution is 9.10. The van der Waals surface area contributed by atoms with Crippen LogP contribution in [0.5, 0.6) is 0 Å². The van der Waals surface area contributed by atoms with E-state index in [0.29, 0.717) is 5.02 Å². The molecular formula is C15H19BrClN3. The van der Waals surface area contributed by atoms with Crippen molar-refractivity contribution in [1.29, 1.82) is 0 Å². The van der Waals surface area contributed by atoms with Gasteiger partial charge in [-0.3, -0.25) is 4.68 Å². The minimum Gasteiger partial charge on any atom is -0.305 e. The van der Waals surface area contributed by atoms with Crippen LogP contribution in [0.1, 0.15) is 36.7 Å². The Morgan fingerprint density at radius 1 is 1.40 bits per heavy atom. The molecule has 1 aromatic carbocycles. The zero-order chi connectivity index (χ0) is 14.7. The molecule has 3 nitrogen and oxygen atoms in total. The first-order valence-corrected chi connectivity index (χ1v) is 7.96. The molecule has 20 heavy (non-hydrogen) atoms. The first-order valence-electron chi connectivity index (χ1n) is 6.79. The van der Waals surface area contributed by atoms with Crippen LogP contribution in [0.2, 0.25) is 5.02 Å². The van der Waals surface area contributed by atoms with Gasteiger partial charge in [0.25, 0.3) is 0 Å². The third-order valence-electron chi connectivity index (χ3n) is 3.44. The van der Waals surface area contributed by atoms with Crippen LogP contribution in [0, 0.1) is 6.92 Å². The van der Waals surface area contributed by atoms with Crippen molar-refractivity contribution in [1.82, 2.24) is 15.1 Å². The van der Waals surface area contributed by atoms with E-state index in [0.717, 1.165) is 23.3 Å². The van der Waals surface area contributed by atoms with E-state index in [2.05, 4.69) is 65.3 Å². The third kappa shape index (κ3) is 2.92. The van der Waals surface area contributed by atoms with E-state index in [1.807, 2.05) is 4.68 Å². The Morgan fingerprint density at radius 3 is 2.80 bits per heavy atom. The largest absolute Gasteiger partial charge is 0.305 e. The topological polar surface area (TPSA) is 29.9 Å². The Balaban J connectivity index is 2.56. The maximum absolute atomic E-state index is 6.36. The van der Waals surface area contributed by atoms with Crippen LogP contribution in [0.25, 0.3) is 0 Å². The monoisotopic (exact) mass is 355 g/mol. The summed E-state index contributed by atoms with van der Waals surface area (Å²) < 4.78 is 3.06. The molecule has 0 saturated heterocycles. The molecule has 1 unspecified atom stereocenters. The molecule has 1 atom stereocenters. The molecule has 0 radical (unpaired) electrons. The average molecular weight is 357 g/mol. The van der Waals surface area contributed by atoms with E-state index in [-0.39, 0.29) is 6.04 Å². The van der Waals surface area contributed by atoms with Crippen LogP contribution in [-0.2, 0) is 6.54 Å². The summed E-state index contributed by atoms with van der Waals surface area (Å²) in [5, 5.41) is 8.57. The van der Waals surface area contributed by atoms with E-state index in [1.165, 1.54) is 11.1 Å². The van der Waals surface area contributed by atoms with E-state index in [9.17, 15) is 0 Å². The highest BCUT2D eigenvalue weighted by atomic mass is 79.9. The van der Waals surface area contributed by atoms with Gasteiger partial charge in [0.2, 0.25) is 0 Å². The Hall–Kier alpha value is -0.840. The maximum Gasteiger partial charge on any atom is 0.0837 e. The second-order valence-corrected chi connectivity index (χ2v) is 5.90. The second kappa shape index (κ2) is 6.74. The molecule has 1 aromatic heterocycles. The Bertz CT molecular complexity index is 595. The van der Waals surface area contributed by atoms with Gasteiger partial charge in [0, 0.05) is 11.0 Å². The summed E-state index contributed by atoms with van der Waals surface area (Å²) in [6.07, 6.45) is 1.72. The molecule has 5 heteroatoms. The van der Waals surface area contributed by atoms with Crippen molar-refractivity contribution in [3.05, 3.63) is 50.7 Å². The third-order valence-corrected chi connectivity index (χ3v) is 4.59. The molecule has 0 aliphatic rings. The molecule has 0 fully saturated rings. The molecule has 0 amide bonds. The van der Waals surface area contributed by atoms with Crippen molar-refractivity contribution in [2.45, 2.75) is 33.4 Å². The van der Waals surface area contributed by atoms with Crippen LogP contribution < -0.4 is 5.32 Å². The number of hydrogen-bond donors (Lipinski definition) is 1. The number of halogens is 2. The highest BCUT2D eigenvalue weighted by Crippen LogP contribution is 2.32. The van der Waals surface area contributed by atoms with Crippen molar-refractivity contribution < 1.29 is 0 Å². The van der Waals surface area contributed by atoms with Gasteiger partial charge < -0.3 is 5.32 Å². The average Bonchev–Trinajstić information content (AvgIpc) is 2.81. The molecule has 108 valence electrons. The SMILES string of the molecule is CCNC(c1cccc(Br)c1C)c1c(Cl)cnn1CC. The minimum atomic E-state index is 0.0486. The fraction of sp³-hybridized carbons (Fsp3) is 0.400. The number of nitrogens with one attached hydrogen (secondary N) is 1. The zero-order valence-electron chi connectivity index (χ0n) is 12.0. The van der Waals surface area contributed by atoms with Crippen molar-refractivity contribution in [2.24, 2.45) is 0 Å². The molecule has 2 aromatic rings. The molecule has 0 saturated carbocycles. The summed E-state index contributed by atoms with van der Waals surface area (Å²) in [5.74, 6) is 0. The van der Waals surface area contributed by atoms with Crippen LogP contribution in [0.4, 0.5) is 0 Å². The van der Waals surface area contributed by atoms with Gasteiger partial charge >= 0.3 is 0 Å². The van der Waals surface area contributed by atoms with Gasteiger partial charge in [-0.05, 0) is 37.6 Å². The fourth-order valence-corrected chi connectivity index (χ4v) is 3.04. The molecule has 1 heterocycles. The first-order chi connectivity index (χ1) is 9.60. The predicted octanol–water partition coefficient (Wildman–Crippen LogP) is 4.33. The van der Waals surface area contributed by atoms with Gasteiger partial charge in [-0.1, -0.05) is 46.6 Å². The van der Waals surface area contributed by atoms with E-state index in [4.69, 9.17) is 11.6 Å². The highest BCUT2D eigenvalue weighted by Gasteiger charge is 2.22. The quantitative estimate of drug-likeness (QED) is 0.864. The zero-order valence-corrected chi connectivity index (χ0v) is 14.3. The van der Waals surface area contributed by atoms with Gasteiger partial charge in [0.1, 0.15) is 0 Å². The number of hydrogen-bond acceptors (Lipinski definition) is 2. The van der Waals surface area contributed by atoms with Gasteiger partial charge in [0.05, 0.1) is 23.0 Å². The Kier molecular flexibility index (Phi) is 5.24. The van der Waals surface area contributed by atoms with Crippen molar-refractivity contribution in [3.63, 3.8) is 0 Å². The lowest BCUT2D eigenvalue weighted by Crippen LogP contribution is -2.26. The maximum atomic E-state index is 6.36. The van der Waals surface area contributed by atoms with Gasteiger partial charge in [-0.25, -0.2) is 0 Å². The summed E-state index contributed by atoms with van der Waals surface area (Å²) in [7, 11) is 0. The van der Waals surface area contributed by atoms with Crippen molar-refractivity contribution in [3.8, 4) is 0 Å². The van der Waals surface area contributed by atoms with E-state index in [1.54, 1.807) is 6.20 Å². The normalized spacial score (nSPS) is 12.7. The predicted molar refractivity (Wildman–Crippen MR) is 87.3 cm³/mol. The minimum absolute atomic E-state index is 0.0486. The van der Waals surface area contributed by atoms with Gasteiger partial charge in [-0.15, -0.1) is 0 Å². The molecule has 0 aliphatic carbocycles. The molecule has 0 bridgehead atoms. The molecular weight excluding hydrogens is 338 g/mol. The van der Waals surface area contributed by atoms with Gasteiger partial charge in [-0.2, -0.15) is 5.10 Å². The lowest BCUT2D eigenvalue weighted by Gasteiger charge is -2.22. The van der Waals surface area contributed by atoms with E-state index >= 15 is 0 Å². The Labute approximate surface area is 133 Å². The lowest BCUT2D eigenvalue weighted by atomic mass is 9.98. The fourth-order valence-electron chi connectivity index (χ4n) is 2.41. The van der Waals surface area contributed by atoms with Crippen LogP contribution >= 0.6 is 27.5 Å². The number of rotatable bonds is 5. The van der Waals surface area contributed by atoms with E-state index < -0.39 is 0 Å². The molecule has 2 rings (SSSR count). The Morgan fingerprint density at radius 2 is 2.15 bits per heavy atom. The van der Waals surface area contributed by atoms with Crippen molar-refractivity contribution >= 4 is 27.5 Å². The summed E-state index contributed by atoms with van der Waals surface area (Å²) in [5.41, 5.74) is 3.47. The van der Waals surface area contributed by atoms with Gasteiger partial charge in [0.15, 0.2) is 0 Å². The summed E-state index contributed by atoms with van der Waals surface area (Å²) >= 11 is 9.96. The molecule has 0 spiro atoms. The van der Waals surface area contributed by atoms with Crippen LogP contribution in [0.15, 0.2) is 28.9 Å². The number of aryl methyl sites for hydroxylation is 1. The lowest BCUT2D eigenvalue weighted by molar-refractivity contribution is 0.541. The number of aromatic nitrogens is 2.